The third-order valence-electron chi connectivity index (χ3n) is 7.44. The maximum absolute atomic E-state index is 9.78. The monoisotopic (exact) mass is 432 g/mol. The van der Waals surface area contributed by atoms with Crippen LogP contribution >= 0.6 is 0 Å². The van der Waals surface area contributed by atoms with Crippen LogP contribution in [0.3, 0.4) is 0 Å². The van der Waals surface area contributed by atoms with Crippen molar-refractivity contribution in [3.05, 3.63) is 47.2 Å². The molecule has 2 saturated heterocycles. The highest BCUT2D eigenvalue weighted by molar-refractivity contribution is 5.83. The summed E-state index contributed by atoms with van der Waals surface area (Å²) in [6.07, 6.45) is 7.21. The minimum absolute atomic E-state index is 0.199. The molecule has 1 aromatic carbocycles. The van der Waals surface area contributed by atoms with Crippen LogP contribution in [0.15, 0.2) is 35.8 Å². The molecule has 2 fully saturated rings. The van der Waals surface area contributed by atoms with Gasteiger partial charge in [0, 0.05) is 38.3 Å². The van der Waals surface area contributed by atoms with E-state index in [1.54, 1.807) is 0 Å². The summed E-state index contributed by atoms with van der Waals surface area (Å²) < 4.78 is 0. The predicted molar refractivity (Wildman–Crippen MR) is 130 cm³/mol. The highest BCUT2D eigenvalue weighted by atomic mass is 15.4. The number of nitriles is 1. The van der Waals surface area contributed by atoms with E-state index in [0.29, 0.717) is 12.1 Å². The zero-order chi connectivity index (χ0) is 22.5. The largest absolute Gasteiger partial charge is 0.334 e. The molecule has 2 atom stereocenters. The highest BCUT2D eigenvalue weighted by Gasteiger charge is 2.34. The van der Waals surface area contributed by atoms with Crippen LogP contribution in [-0.2, 0) is 0 Å². The summed E-state index contributed by atoms with van der Waals surface area (Å²) in [6, 6.07) is 11.9. The summed E-state index contributed by atoms with van der Waals surface area (Å²) in [4.78, 5) is 13.2. The van der Waals surface area contributed by atoms with Gasteiger partial charge in [0.15, 0.2) is 0 Å². The summed E-state index contributed by atoms with van der Waals surface area (Å²) in [5.41, 5.74) is 2.45. The van der Waals surface area contributed by atoms with E-state index in [0.717, 1.165) is 56.2 Å². The van der Waals surface area contributed by atoms with Crippen molar-refractivity contribution in [3.63, 3.8) is 0 Å². The molecule has 0 spiro atoms. The zero-order valence-corrected chi connectivity index (χ0v) is 19.6. The highest BCUT2D eigenvalue weighted by Crippen LogP contribution is 2.43. The van der Waals surface area contributed by atoms with Crippen LogP contribution in [0, 0.1) is 17.9 Å². The Bertz CT molecular complexity index is 839. The summed E-state index contributed by atoms with van der Waals surface area (Å²) >= 11 is 0. The standard InChI is InChI=1S/C26H36N6/c1-21-10-6-14-29(21)16-8-18-31-24-12-4-5-13-25(24)32(26(31)23(20-27)28-3)19-9-17-30-15-7-11-22(30)2/h4-5,12-13,21-22H,6-11,14-19H2,1-2H3/t21-,22-/m0/s1. The Morgan fingerprint density at radius 1 is 0.938 bits per heavy atom. The van der Waals surface area contributed by atoms with Gasteiger partial charge >= 0.3 is 5.70 Å². The van der Waals surface area contributed by atoms with E-state index < -0.39 is 0 Å². The number of likely N-dealkylation sites (tertiary alicyclic amines) is 2. The Morgan fingerprint density at radius 2 is 1.44 bits per heavy atom. The molecule has 6 heteroatoms. The summed E-state index contributed by atoms with van der Waals surface area (Å²) in [6.45, 7) is 18.5. The first-order valence-electron chi connectivity index (χ1n) is 12.3. The molecule has 32 heavy (non-hydrogen) atoms. The molecular weight excluding hydrogens is 396 g/mol. The van der Waals surface area contributed by atoms with E-state index in [4.69, 9.17) is 6.57 Å². The van der Waals surface area contributed by atoms with E-state index in [1.807, 2.05) is 0 Å². The van der Waals surface area contributed by atoms with Gasteiger partial charge in [-0.1, -0.05) is 12.1 Å². The molecule has 0 aromatic heterocycles. The molecule has 0 radical (unpaired) electrons. The second kappa shape index (κ2) is 10.4. The smallest absolute Gasteiger partial charge is 0.301 e. The van der Waals surface area contributed by atoms with Crippen molar-refractivity contribution in [1.29, 1.82) is 5.26 Å². The summed E-state index contributed by atoms with van der Waals surface area (Å²) in [7, 11) is 0. The van der Waals surface area contributed by atoms with E-state index >= 15 is 0 Å². The minimum Gasteiger partial charge on any atom is -0.334 e. The van der Waals surface area contributed by atoms with Crippen molar-refractivity contribution in [2.45, 2.75) is 64.5 Å². The molecule has 0 aliphatic carbocycles. The molecule has 3 aliphatic rings. The zero-order valence-electron chi connectivity index (χ0n) is 19.6. The Labute approximate surface area is 193 Å². The van der Waals surface area contributed by atoms with Gasteiger partial charge in [0.25, 0.3) is 0 Å². The lowest BCUT2D eigenvalue weighted by molar-refractivity contribution is 0.266. The number of allylic oxidation sites excluding steroid dienone is 1. The Morgan fingerprint density at radius 3 is 1.81 bits per heavy atom. The number of anilines is 2. The maximum Gasteiger partial charge on any atom is 0.301 e. The molecule has 3 aliphatic heterocycles. The number of para-hydroxylation sites is 2. The lowest BCUT2D eigenvalue weighted by atomic mass is 10.2. The first kappa shape index (κ1) is 22.6. The lowest BCUT2D eigenvalue weighted by Gasteiger charge is -2.28. The number of fused-ring (bicyclic) bond motifs is 1. The SMILES string of the molecule is [C-]#[N+]C(C#N)=C1N(CCCN2CCC[C@@H]2C)c2ccccc2N1CCCN1CCC[C@@H]1C. The normalized spacial score (nSPS) is 23.4. The van der Waals surface area contributed by atoms with E-state index in [1.165, 1.54) is 38.8 Å². The first-order chi connectivity index (χ1) is 15.6. The number of hydrogen-bond acceptors (Lipinski definition) is 5. The minimum atomic E-state index is 0.199. The fraction of sp³-hybridized carbons (Fsp3) is 0.615. The number of rotatable bonds is 8. The van der Waals surface area contributed by atoms with Crippen LogP contribution in [0.25, 0.3) is 4.85 Å². The first-order valence-corrected chi connectivity index (χ1v) is 12.3. The molecule has 0 N–H and O–H groups in total. The van der Waals surface area contributed by atoms with Gasteiger partial charge in [-0.25, -0.2) is 10.1 Å². The molecule has 0 bridgehead atoms. The van der Waals surface area contributed by atoms with Crippen LogP contribution in [0.4, 0.5) is 11.4 Å². The second-order valence-corrected chi connectivity index (χ2v) is 9.45. The van der Waals surface area contributed by atoms with Crippen molar-refractivity contribution in [2.24, 2.45) is 0 Å². The molecule has 4 rings (SSSR count). The fourth-order valence-electron chi connectivity index (χ4n) is 5.64. The second-order valence-electron chi connectivity index (χ2n) is 9.45. The van der Waals surface area contributed by atoms with Gasteiger partial charge in [0.1, 0.15) is 5.82 Å². The van der Waals surface area contributed by atoms with Gasteiger partial charge in [0.05, 0.1) is 24.0 Å². The molecule has 0 unspecified atom stereocenters. The molecule has 3 heterocycles. The van der Waals surface area contributed by atoms with Gasteiger partial charge < -0.3 is 19.6 Å². The average Bonchev–Trinajstić information content (AvgIpc) is 3.49. The van der Waals surface area contributed by atoms with Crippen LogP contribution in [0.2, 0.25) is 0 Å². The van der Waals surface area contributed by atoms with Gasteiger partial charge in [-0.05, 0) is 77.6 Å². The van der Waals surface area contributed by atoms with Crippen molar-refractivity contribution in [3.8, 4) is 6.07 Å². The van der Waals surface area contributed by atoms with Crippen molar-refractivity contribution in [2.75, 3.05) is 49.1 Å². The number of benzene rings is 1. The molecule has 0 amide bonds. The Balaban J connectivity index is 1.51. The maximum atomic E-state index is 9.78. The van der Waals surface area contributed by atoms with E-state index in [9.17, 15) is 5.26 Å². The van der Waals surface area contributed by atoms with Crippen LogP contribution in [0.5, 0.6) is 0 Å². The van der Waals surface area contributed by atoms with E-state index in [2.05, 4.69) is 68.6 Å². The Kier molecular flexibility index (Phi) is 7.35. The quantitative estimate of drug-likeness (QED) is 0.441. The van der Waals surface area contributed by atoms with Crippen LogP contribution in [-0.4, -0.2) is 61.2 Å². The summed E-state index contributed by atoms with van der Waals surface area (Å²) in [5, 5.41) is 9.78. The number of nitrogens with zero attached hydrogens (tertiary/aromatic N) is 6. The van der Waals surface area contributed by atoms with Gasteiger partial charge in [-0.3, -0.25) is 0 Å². The third kappa shape index (κ3) is 4.63. The van der Waals surface area contributed by atoms with Crippen molar-refractivity contribution < 1.29 is 0 Å². The van der Waals surface area contributed by atoms with Crippen molar-refractivity contribution in [1.82, 2.24) is 9.80 Å². The van der Waals surface area contributed by atoms with Crippen LogP contribution in [0.1, 0.15) is 52.4 Å². The number of hydrogen-bond donors (Lipinski definition) is 0. The lowest BCUT2D eigenvalue weighted by Crippen LogP contribution is -2.35. The van der Waals surface area contributed by atoms with Gasteiger partial charge in [0.2, 0.25) is 0 Å². The average molecular weight is 433 g/mol. The molecule has 170 valence electrons. The summed E-state index contributed by atoms with van der Waals surface area (Å²) in [5.74, 6) is 0.785. The molecule has 1 aromatic rings. The molecule has 0 saturated carbocycles. The van der Waals surface area contributed by atoms with Gasteiger partial charge in [-0.15, -0.1) is 0 Å². The van der Waals surface area contributed by atoms with Crippen LogP contribution < -0.4 is 9.80 Å². The molecular formula is C26H36N6. The fourth-order valence-corrected chi connectivity index (χ4v) is 5.64. The van der Waals surface area contributed by atoms with Gasteiger partial charge in [-0.2, -0.15) is 0 Å². The van der Waals surface area contributed by atoms with Crippen molar-refractivity contribution >= 4 is 11.4 Å². The molecule has 6 nitrogen and oxygen atoms in total. The predicted octanol–water partition coefficient (Wildman–Crippen LogP) is 4.67. The Hall–Kier alpha value is -2.54. The van der Waals surface area contributed by atoms with E-state index in [-0.39, 0.29) is 5.70 Å². The topological polar surface area (TPSA) is 41.1 Å². The third-order valence-corrected chi connectivity index (χ3v) is 7.44.